The van der Waals surface area contributed by atoms with Crippen molar-refractivity contribution in [3.8, 4) is 0 Å². The number of anilines is 2. The number of nitro benzene ring substituents is 1. The van der Waals surface area contributed by atoms with Crippen molar-refractivity contribution >= 4 is 33.0 Å². The highest BCUT2D eigenvalue weighted by atomic mass is 32.2. The van der Waals surface area contributed by atoms with Gasteiger partial charge in [0.15, 0.2) is 0 Å². The monoisotopic (exact) mass is 432 g/mol. The number of benzene rings is 2. The molecule has 1 unspecified atom stereocenters. The normalized spacial score (nSPS) is 16.9. The van der Waals surface area contributed by atoms with Gasteiger partial charge in [0, 0.05) is 19.2 Å². The Balaban J connectivity index is 1.94. The van der Waals surface area contributed by atoms with E-state index in [0.29, 0.717) is 25.1 Å². The van der Waals surface area contributed by atoms with Gasteiger partial charge in [0.1, 0.15) is 5.69 Å². The Morgan fingerprint density at radius 3 is 2.60 bits per heavy atom. The van der Waals surface area contributed by atoms with Crippen LogP contribution in [-0.2, 0) is 14.8 Å². The number of nitrogens with two attached hydrogens (primary N) is 1. The van der Waals surface area contributed by atoms with Crippen LogP contribution in [0.2, 0.25) is 0 Å². The summed E-state index contributed by atoms with van der Waals surface area (Å²) >= 11 is 0. The van der Waals surface area contributed by atoms with Crippen LogP contribution in [-0.4, -0.2) is 32.3 Å². The number of amides is 1. The van der Waals surface area contributed by atoms with Gasteiger partial charge < -0.3 is 10.6 Å². The van der Waals surface area contributed by atoms with Crippen molar-refractivity contribution in [3.63, 3.8) is 0 Å². The number of nitrogens with one attached hydrogen (secondary N) is 1. The third-order valence-electron chi connectivity index (χ3n) is 5.24. The highest BCUT2D eigenvalue weighted by molar-refractivity contribution is 7.92. The number of rotatable bonds is 6. The van der Waals surface area contributed by atoms with Crippen molar-refractivity contribution < 1.29 is 18.1 Å². The molecule has 3 N–H and O–H groups in total. The molecule has 0 spiro atoms. The molecular formula is C20H24N4O5S. The Morgan fingerprint density at radius 1 is 1.23 bits per heavy atom. The van der Waals surface area contributed by atoms with E-state index in [1.54, 1.807) is 24.0 Å². The third kappa shape index (κ3) is 4.54. The predicted molar refractivity (Wildman–Crippen MR) is 114 cm³/mol. The largest absolute Gasteiger partial charge is 0.369 e. The number of hydrogen-bond acceptors (Lipinski definition) is 6. The second-order valence-corrected chi connectivity index (χ2v) is 9.20. The van der Waals surface area contributed by atoms with E-state index in [1.807, 2.05) is 13.0 Å². The SMILES string of the molecule is Cc1ccc(NS(=O)(=O)c2ccc(N3CCCC(C(N)=O)C3)c([N+](=O)[O-])c2)c(C)c1. The summed E-state index contributed by atoms with van der Waals surface area (Å²) in [5, 5.41) is 11.7. The van der Waals surface area contributed by atoms with Gasteiger partial charge in [-0.1, -0.05) is 17.7 Å². The number of aryl methyl sites for hydroxylation is 2. The van der Waals surface area contributed by atoms with E-state index in [0.717, 1.165) is 17.2 Å². The zero-order chi connectivity index (χ0) is 22.1. The number of piperidine rings is 1. The maximum Gasteiger partial charge on any atom is 0.293 e. The molecule has 1 amide bonds. The van der Waals surface area contributed by atoms with Gasteiger partial charge in [-0.2, -0.15) is 0 Å². The van der Waals surface area contributed by atoms with Gasteiger partial charge in [-0.25, -0.2) is 8.42 Å². The molecule has 0 aromatic heterocycles. The molecule has 2 aromatic carbocycles. The minimum absolute atomic E-state index is 0.207. The van der Waals surface area contributed by atoms with Gasteiger partial charge in [0.2, 0.25) is 5.91 Å². The Hall–Kier alpha value is -3.14. The molecular weight excluding hydrogens is 408 g/mol. The number of carbonyl (C=O) groups excluding carboxylic acids is 1. The standard InChI is InChI=1S/C20H24N4O5S/c1-13-5-7-17(14(2)10-13)22-30(28,29)16-6-8-18(19(11-16)24(26)27)23-9-3-4-15(12-23)20(21)25/h5-8,10-11,15,22H,3-4,9,12H2,1-2H3,(H2,21,25). The molecule has 9 nitrogen and oxygen atoms in total. The summed E-state index contributed by atoms with van der Waals surface area (Å²) in [4.78, 5) is 24.1. The summed E-state index contributed by atoms with van der Waals surface area (Å²) in [5.41, 5.74) is 7.49. The Kier molecular flexibility index (Phi) is 5.97. The number of hydrogen-bond donors (Lipinski definition) is 2. The van der Waals surface area contributed by atoms with Crippen molar-refractivity contribution in [3.05, 3.63) is 57.6 Å². The number of nitrogens with zero attached hydrogens (tertiary/aromatic N) is 2. The Morgan fingerprint density at radius 2 is 1.97 bits per heavy atom. The molecule has 0 aliphatic carbocycles. The van der Waals surface area contributed by atoms with E-state index in [2.05, 4.69) is 4.72 Å². The van der Waals surface area contributed by atoms with E-state index >= 15 is 0 Å². The lowest BCUT2D eigenvalue weighted by Gasteiger charge is -2.32. The first-order valence-corrected chi connectivity index (χ1v) is 11.0. The van der Waals surface area contributed by atoms with E-state index in [1.165, 1.54) is 12.1 Å². The fourth-order valence-corrected chi connectivity index (χ4v) is 4.79. The lowest BCUT2D eigenvalue weighted by Crippen LogP contribution is -2.41. The van der Waals surface area contributed by atoms with Gasteiger partial charge in [-0.15, -0.1) is 0 Å². The van der Waals surface area contributed by atoms with Crippen LogP contribution in [0.5, 0.6) is 0 Å². The predicted octanol–water partition coefficient (Wildman–Crippen LogP) is 2.71. The lowest BCUT2D eigenvalue weighted by atomic mass is 9.97. The molecule has 1 heterocycles. The van der Waals surface area contributed by atoms with Crippen LogP contribution in [0.1, 0.15) is 24.0 Å². The van der Waals surface area contributed by atoms with Gasteiger partial charge in [-0.3, -0.25) is 19.6 Å². The Bertz CT molecular complexity index is 1100. The summed E-state index contributed by atoms with van der Waals surface area (Å²) in [6.45, 7) is 4.47. The van der Waals surface area contributed by atoms with Crippen LogP contribution in [0.15, 0.2) is 41.3 Å². The topological polar surface area (TPSA) is 136 Å². The minimum Gasteiger partial charge on any atom is -0.369 e. The molecule has 30 heavy (non-hydrogen) atoms. The van der Waals surface area contributed by atoms with Gasteiger partial charge in [-0.05, 0) is 50.5 Å². The van der Waals surface area contributed by atoms with Crippen LogP contribution < -0.4 is 15.4 Å². The summed E-state index contributed by atoms with van der Waals surface area (Å²) < 4.78 is 28.2. The highest BCUT2D eigenvalue weighted by Gasteiger charge is 2.29. The molecule has 2 aromatic rings. The summed E-state index contributed by atoms with van der Waals surface area (Å²) in [5.74, 6) is -0.841. The van der Waals surface area contributed by atoms with E-state index in [4.69, 9.17) is 5.73 Å². The van der Waals surface area contributed by atoms with E-state index < -0.39 is 26.8 Å². The fourth-order valence-electron chi connectivity index (χ4n) is 3.64. The van der Waals surface area contributed by atoms with Crippen molar-refractivity contribution in [2.75, 3.05) is 22.7 Å². The first-order chi connectivity index (χ1) is 14.1. The molecule has 1 aliphatic heterocycles. The number of sulfonamides is 1. The molecule has 0 bridgehead atoms. The molecule has 160 valence electrons. The van der Waals surface area contributed by atoms with Crippen molar-refractivity contribution in [2.45, 2.75) is 31.6 Å². The molecule has 0 saturated carbocycles. The maximum absolute atomic E-state index is 12.8. The van der Waals surface area contributed by atoms with Crippen molar-refractivity contribution in [1.82, 2.24) is 0 Å². The summed E-state index contributed by atoms with van der Waals surface area (Å²) in [6.07, 6.45) is 1.30. The second-order valence-electron chi connectivity index (χ2n) is 7.52. The molecule has 1 aliphatic rings. The van der Waals surface area contributed by atoms with Crippen LogP contribution >= 0.6 is 0 Å². The Labute approximate surface area is 175 Å². The average molecular weight is 433 g/mol. The first-order valence-electron chi connectivity index (χ1n) is 9.51. The maximum atomic E-state index is 12.8. The van der Waals surface area contributed by atoms with Gasteiger partial charge >= 0.3 is 0 Å². The average Bonchev–Trinajstić information content (AvgIpc) is 2.69. The summed E-state index contributed by atoms with van der Waals surface area (Å²) in [6, 6.07) is 9.08. The number of nitro groups is 1. The smallest absolute Gasteiger partial charge is 0.293 e. The van der Waals surface area contributed by atoms with Crippen LogP contribution in [0.4, 0.5) is 17.1 Å². The fraction of sp³-hybridized carbons (Fsp3) is 0.350. The lowest BCUT2D eigenvalue weighted by molar-refractivity contribution is -0.384. The van der Waals surface area contributed by atoms with Gasteiger partial charge in [0.25, 0.3) is 15.7 Å². The molecule has 10 heteroatoms. The zero-order valence-electron chi connectivity index (χ0n) is 16.8. The molecule has 1 atom stereocenters. The first kappa shape index (κ1) is 21.6. The minimum atomic E-state index is -4.02. The van der Waals surface area contributed by atoms with Crippen LogP contribution in [0, 0.1) is 29.9 Å². The number of carbonyl (C=O) groups is 1. The van der Waals surface area contributed by atoms with Crippen LogP contribution in [0.3, 0.4) is 0 Å². The number of primary amides is 1. The van der Waals surface area contributed by atoms with E-state index in [9.17, 15) is 23.3 Å². The van der Waals surface area contributed by atoms with Crippen LogP contribution in [0.25, 0.3) is 0 Å². The highest BCUT2D eigenvalue weighted by Crippen LogP contribution is 2.34. The second kappa shape index (κ2) is 8.31. The molecule has 1 saturated heterocycles. The third-order valence-corrected chi connectivity index (χ3v) is 6.61. The summed E-state index contributed by atoms with van der Waals surface area (Å²) in [7, 11) is -4.02. The zero-order valence-corrected chi connectivity index (χ0v) is 17.6. The molecule has 3 rings (SSSR count). The quantitative estimate of drug-likeness (QED) is 0.532. The van der Waals surface area contributed by atoms with E-state index in [-0.39, 0.29) is 22.8 Å². The molecule has 0 radical (unpaired) electrons. The van der Waals surface area contributed by atoms with Gasteiger partial charge in [0.05, 0.1) is 21.4 Å². The van der Waals surface area contributed by atoms with Crippen molar-refractivity contribution in [2.24, 2.45) is 11.7 Å². The van der Waals surface area contributed by atoms with Crippen molar-refractivity contribution in [1.29, 1.82) is 0 Å². The molecule has 1 fully saturated rings.